The van der Waals surface area contributed by atoms with Crippen LogP contribution < -0.4 is 5.32 Å². The second-order valence-corrected chi connectivity index (χ2v) is 15.8. The number of nitrogens with one attached hydrogen (secondary N) is 1. The summed E-state index contributed by atoms with van der Waals surface area (Å²) in [7, 11) is 0. The Kier molecular flexibility index (Phi) is 43.4. The standard InChI is InChI=1S/C49H91NO3/c1-3-5-7-9-11-13-15-17-18-19-20-21-22-23-24-25-26-27-28-29-30-31-33-34-36-38-40-42-44-48(52)47(46-51)50-49(53)45-43-41-39-37-35-32-16-14-12-10-8-6-4-2/h6,8,12,14,32,35,39,41,47-48,51-52H,3-5,7,9-11,13,15-31,33-34,36-38,40,42-46H2,1-2H3,(H,50,53)/b8-6-,14-12-,35-32-,41-39-. The molecule has 4 heteroatoms. The predicted octanol–water partition coefficient (Wildman–Crippen LogP) is 14.7. The van der Waals surface area contributed by atoms with Crippen molar-refractivity contribution < 1.29 is 15.0 Å². The summed E-state index contributed by atoms with van der Waals surface area (Å²) in [6, 6.07) is -0.575. The number of unbranched alkanes of at least 4 members (excludes halogenated alkanes) is 27. The van der Waals surface area contributed by atoms with Crippen molar-refractivity contribution in [3.63, 3.8) is 0 Å². The molecule has 0 aliphatic heterocycles. The third-order valence-corrected chi connectivity index (χ3v) is 10.6. The maximum Gasteiger partial charge on any atom is 0.220 e. The van der Waals surface area contributed by atoms with Crippen molar-refractivity contribution >= 4 is 5.91 Å². The molecule has 0 spiro atoms. The summed E-state index contributed by atoms with van der Waals surface area (Å²) in [6.45, 7) is 4.22. The van der Waals surface area contributed by atoms with Gasteiger partial charge in [0.1, 0.15) is 0 Å². The molecule has 53 heavy (non-hydrogen) atoms. The molecular weight excluding hydrogens is 651 g/mol. The van der Waals surface area contributed by atoms with Crippen LogP contribution >= 0.6 is 0 Å². The highest BCUT2D eigenvalue weighted by molar-refractivity contribution is 5.76. The molecule has 3 N–H and O–H groups in total. The van der Waals surface area contributed by atoms with E-state index in [1.165, 1.54) is 167 Å². The van der Waals surface area contributed by atoms with Crippen LogP contribution in [0.5, 0.6) is 0 Å². The van der Waals surface area contributed by atoms with E-state index in [2.05, 4.69) is 61.7 Å². The molecule has 0 aromatic carbocycles. The third kappa shape index (κ3) is 41.4. The summed E-state index contributed by atoms with van der Waals surface area (Å²) in [5.74, 6) is -0.110. The van der Waals surface area contributed by atoms with Crippen LogP contribution in [0.4, 0.5) is 0 Å². The Morgan fingerprint density at radius 3 is 1.13 bits per heavy atom. The quantitative estimate of drug-likeness (QED) is 0.0431. The molecule has 0 aliphatic rings. The van der Waals surface area contributed by atoms with E-state index in [1.807, 2.05) is 6.08 Å². The monoisotopic (exact) mass is 742 g/mol. The average Bonchev–Trinajstić information content (AvgIpc) is 3.16. The Morgan fingerprint density at radius 1 is 0.472 bits per heavy atom. The SMILES string of the molecule is CC/C=C\C/C=C\C/C=C\C/C=C\CCC(=O)NC(CO)C(O)CCCCCCCCCCCCCCCCCCCCCCCCCCCCCC. The Hall–Kier alpha value is -1.65. The van der Waals surface area contributed by atoms with Crippen molar-refractivity contribution in [3.05, 3.63) is 48.6 Å². The lowest BCUT2D eigenvalue weighted by atomic mass is 10.0. The van der Waals surface area contributed by atoms with E-state index < -0.39 is 12.1 Å². The van der Waals surface area contributed by atoms with Crippen LogP contribution in [0.2, 0.25) is 0 Å². The average molecular weight is 742 g/mol. The van der Waals surface area contributed by atoms with Gasteiger partial charge in [-0.1, -0.05) is 242 Å². The van der Waals surface area contributed by atoms with Crippen molar-refractivity contribution in [2.75, 3.05) is 6.61 Å². The first-order valence-corrected chi connectivity index (χ1v) is 23.3. The Balaban J connectivity index is 3.48. The second kappa shape index (κ2) is 44.7. The van der Waals surface area contributed by atoms with Crippen LogP contribution in [-0.4, -0.2) is 34.9 Å². The Morgan fingerprint density at radius 2 is 0.792 bits per heavy atom. The van der Waals surface area contributed by atoms with Crippen LogP contribution in [0, 0.1) is 0 Å². The number of rotatable bonds is 42. The number of carbonyl (C=O) groups excluding carboxylic acids is 1. The van der Waals surface area contributed by atoms with Gasteiger partial charge in [0.05, 0.1) is 18.8 Å². The molecule has 0 fully saturated rings. The summed E-state index contributed by atoms with van der Waals surface area (Å²) in [5, 5.41) is 23.1. The van der Waals surface area contributed by atoms with Gasteiger partial charge in [-0.2, -0.15) is 0 Å². The lowest BCUT2D eigenvalue weighted by Crippen LogP contribution is -2.45. The fraction of sp³-hybridized carbons (Fsp3) is 0.816. The fourth-order valence-electron chi connectivity index (χ4n) is 7.08. The molecular formula is C49H91NO3. The summed E-state index contributed by atoms with van der Waals surface area (Å²) in [6.07, 6.45) is 60.9. The Labute approximate surface area is 331 Å². The highest BCUT2D eigenvalue weighted by Crippen LogP contribution is 2.17. The molecule has 0 saturated heterocycles. The molecule has 0 rings (SSSR count). The van der Waals surface area contributed by atoms with Crippen molar-refractivity contribution in [1.29, 1.82) is 0 Å². The predicted molar refractivity (Wildman–Crippen MR) is 235 cm³/mol. The van der Waals surface area contributed by atoms with Crippen LogP contribution in [0.3, 0.4) is 0 Å². The van der Waals surface area contributed by atoms with E-state index in [1.54, 1.807) is 0 Å². The van der Waals surface area contributed by atoms with Gasteiger partial charge in [0.2, 0.25) is 5.91 Å². The Bertz CT molecular complexity index is 847. The third-order valence-electron chi connectivity index (χ3n) is 10.6. The summed E-state index contributed by atoms with van der Waals surface area (Å²) >= 11 is 0. The first-order valence-electron chi connectivity index (χ1n) is 23.3. The zero-order valence-electron chi connectivity index (χ0n) is 35.5. The highest BCUT2D eigenvalue weighted by atomic mass is 16.3. The molecule has 0 saturated carbocycles. The number of aliphatic hydroxyl groups excluding tert-OH is 2. The first-order chi connectivity index (χ1) is 26.2. The molecule has 310 valence electrons. The summed E-state index contributed by atoms with van der Waals surface area (Å²) in [5.41, 5.74) is 0. The zero-order chi connectivity index (χ0) is 38.6. The van der Waals surface area contributed by atoms with Gasteiger partial charge in [0, 0.05) is 6.42 Å². The van der Waals surface area contributed by atoms with Crippen LogP contribution in [-0.2, 0) is 4.79 Å². The lowest BCUT2D eigenvalue weighted by molar-refractivity contribution is -0.123. The maximum absolute atomic E-state index is 12.3. The van der Waals surface area contributed by atoms with Crippen molar-refractivity contribution in [2.24, 2.45) is 0 Å². The number of hydrogen-bond donors (Lipinski definition) is 3. The molecule has 0 aromatic rings. The minimum atomic E-state index is -0.689. The molecule has 0 bridgehead atoms. The molecule has 2 unspecified atom stereocenters. The maximum atomic E-state index is 12.3. The number of hydrogen-bond acceptors (Lipinski definition) is 3. The lowest BCUT2D eigenvalue weighted by Gasteiger charge is -2.22. The van der Waals surface area contributed by atoms with Gasteiger partial charge >= 0.3 is 0 Å². The van der Waals surface area contributed by atoms with E-state index in [-0.39, 0.29) is 12.5 Å². The van der Waals surface area contributed by atoms with Crippen LogP contribution in [0.1, 0.15) is 239 Å². The number of amides is 1. The molecule has 4 nitrogen and oxygen atoms in total. The van der Waals surface area contributed by atoms with Gasteiger partial charge in [-0.05, 0) is 38.5 Å². The molecule has 0 heterocycles. The highest BCUT2D eigenvalue weighted by Gasteiger charge is 2.19. The molecule has 0 aromatic heterocycles. The van der Waals surface area contributed by atoms with Crippen molar-refractivity contribution in [2.45, 2.75) is 251 Å². The van der Waals surface area contributed by atoms with E-state index in [0.29, 0.717) is 19.3 Å². The van der Waals surface area contributed by atoms with Crippen molar-refractivity contribution in [3.8, 4) is 0 Å². The molecule has 0 radical (unpaired) electrons. The van der Waals surface area contributed by atoms with E-state index in [4.69, 9.17) is 0 Å². The summed E-state index contributed by atoms with van der Waals surface area (Å²) in [4.78, 5) is 12.3. The topological polar surface area (TPSA) is 69.6 Å². The first kappa shape index (κ1) is 51.4. The molecule has 2 atom stereocenters. The summed E-state index contributed by atoms with van der Waals surface area (Å²) < 4.78 is 0. The van der Waals surface area contributed by atoms with Crippen molar-refractivity contribution in [1.82, 2.24) is 5.32 Å². The number of aliphatic hydroxyl groups is 2. The normalized spacial score (nSPS) is 13.4. The molecule has 1 amide bonds. The van der Waals surface area contributed by atoms with Gasteiger partial charge in [0.25, 0.3) is 0 Å². The van der Waals surface area contributed by atoms with E-state index >= 15 is 0 Å². The van der Waals surface area contributed by atoms with Gasteiger partial charge in [-0.3, -0.25) is 4.79 Å². The largest absolute Gasteiger partial charge is 0.394 e. The van der Waals surface area contributed by atoms with Gasteiger partial charge < -0.3 is 15.5 Å². The fourth-order valence-corrected chi connectivity index (χ4v) is 7.08. The van der Waals surface area contributed by atoms with E-state index in [9.17, 15) is 15.0 Å². The van der Waals surface area contributed by atoms with Gasteiger partial charge in [0.15, 0.2) is 0 Å². The second-order valence-electron chi connectivity index (χ2n) is 15.8. The minimum absolute atomic E-state index is 0.110. The number of carbonyl (C=O) groups is 1. The molecule has 0 aliphatic carbocycles. The van der Waals surface area contributed by atoms with Crippen LogP contribution in [0.15, 0.2) is 48.6 Å². The minimum Gasteiger partial charge on any atom is -0.394 e. The zero-order valence-corrected chi connectivity index (χ0v) is 35.5. The van der Waals surface area contributed by atoms with Gasteiger partial charge in [-0.15, -0.1) is 0 Å². The van der Waals surface area contributed by atoms with Crippen LogP contribution in [0.25, 0.3) is 0 Å². The smallest absolute Gasteiger partial charge is 0.220 e. The van der Waals surface area contributed by atoms with Gasteiger partial charge in [-0.25, -0.2) is 0 Å². The number of allylic oxidation sites excluding steroid dienone is 8. The van der Waals surface area contributed by atoms with E-state index in [0.717, 1.165) is 38.5 Å².